The smallest absolute Gasteiger partial charge is 0.262 e. The van der Waals surface area contributed by atoms with Gasteiger partial charge in [0.2, 0.25) is 0 Å². The summed E-state index contributed by atoms with van der Waals surface area (Å²) >= 11 is 7.19. The Morgan fingerprint density at radius 1 is 1.71 bits per heavy atom. The average Bonchev–Trinajstić information content (AvgIpc) is 2.81. The van der Waals surface area contributed by atoms with Crippen LogP contribution in [0.5, 0.6) is 0 Å². The Hall–Kier alpha value is -0.620. The second-order valence-electron chi connectivity index (χ2n) is 4.26. The maximum atomic E-state index is 11.8. The Morgan fingerprint density at radius 2 is 2.47 bits per heavy atom. The monoisotopic (exact) mass is 275 g/mol. The van der Waals surface area contributed by atoms with Crippen molar-refractivity contribution in [3.05, 3.63) is 21.3 Å². The molecule has 1 atom stereocenters. The number of rotatable bonds is 3. The molecule has 1 saturated heterocycles. The quantitative estimate of drug-likeness (QED) is 0.921. The van der Waals surface area contributed by atoms with Crippen LogP contribution in [0, 0.1) is 0 Å². The first-order chi connectivity index (χ1) is 7.98. The number of ether oxygens (including phenoxy) is 2. The van der Waals surface area contributed by atoms with E-state index in [0.717, 1.165) is 0 Å². The van der Waals surface area contributed by atoms with E-state index in [2.05, 4.69) is 5.32 Å². The molecule has 1 aliphatic heterocycles. The molecule has 94 valence electrons. The van der Waals surface area contributed by atoms with Gasteiger partial charge in [0.1, 0.15) is 11.0 Å². The van der Waals surface area contributed by atoms with Gasteiger partial charge in [-0.1, -0.05) is 11.6 Å². The molecule has 1 unspecified atom stereocenters. The maximum Gasteiger partial charge on any atom is 0.262 e. The number of carbonyl (C=O) groups is 1. The van der Waals surface area contributed by atoms with E-state index < -0.39 is 5.79 Å². The third kappa shape index (κ3) is 3.19. The van der Waals surface area contributed by atoms with Gasteiger partial charge in [-0.15, -0.1) is 11.3 Å². The van der Waals surface area contributed by atoms with Crippen LogP contribution in [0.3, 0.4) is 0 Å². The maximum absolute atomic E-state index is 11.8. The SMILES string of the molecule is CC1(C)OCC(CNC(=O)c2sccc2Cl)O1. The summed E-state index contributed by atoms with van der Waals surface area (Å²) in [5.74, 6) is -0.728. The van der Waals surface area contributed by atoms with Crippen molar-refractivity contribution in [1.82, 2.24) is 5.32 Å². The molecule has 0 aliphatic carbocycles. The molecule has 4 nitrogen and oxygen atoms in total. The molecule has 2 heterocycles. The Morgan fingerprint density at radius 3 is 3.00 bits per heavy atom. The number of hydrogen-bond donors (Lipinski definition) is 1. The minimum absolute atomic E-state index is 0.104. The molecular weight excluding hydrogens is 262 g/mol. The summed E-state index contributed by atoms with van der Waals surface area (Å²) in [5, 5.41) is 5.06. The number of halogens is 1. The van der Waals surface area contributed by atoms with Gasteiger partial charge in [-0.2, -0.15) is 0 Å². The molecule has 1 N–H and O–H groups in total. The van der Waals surface area contributed by atoms with E-state index in [0.29, 0.717) is 23.1 Å². The van der Waals surface area contributed by atoms with Gasteiger partial charge in [0, 0.05) is 6.54 Å². The summed E-state index contributed by atoms with van der Waals surface area (Å²) in [5.41, 5.74) is 0. The molecule has 0 radical (unpaired) electrons. The van der Waals surface area contributed by atoms with E-state index in [1.165, 1.54) is 11.3 Å². The Labute approximate surface area is 109 Å². The molecular formula is C11H14ClNO3S. The summed E-state index contributed by atoms with van der Waals surface area (Å²) in [7, 11) is 0. The van der Waals surface area contributed by atoms with Crippen molar-refractivity contribution < 1.29 is 14.3 Å². The lowest BCUT2D eigenvalue weighted by Crippen LogP contribution is -2.34. The standard InChI is InChI=1S/C11H14ClNO3S/c1-11(2)15-6-7(16-11)5-13-10(14)9-8(12)3-4-17-9/h3-4,7H,5-6H2,1-2H3,(H,13,14). The van der Waals surface area contributed by atoms with Gasteiger partial charge in [0.05, 0.1) is 11.6 Å². The Kier molecular flexibility index (Phi) is 3.73. The zero-order valence-corrected chi connectivity index (χ0v) is 11.2. The highest BCUT2D eigenvalue weighted by molar-refractivity contribution is 7.12. The van der Waals surface area contributed by atoms with Crippen molar-refractivity contribution in [1.29, 1.82) is 0 Å². The number of hydrogen-bond acceptors (Lipinski definition) is 4. The molecule has 0 saturated carbocycles. The highest BCUT2D eigenvalue weighted by atomic mass is 35.5. The normalized spacial score (nSPS) is 22.6. The van der Waals surface area contributed by atoms with Crippen molar-refractivity contribution in [3.63, 3.8) is 0 Å². The lowest BCUT2D eigenvalue weighted by Gasteiger charge is -2.17. The zero-order valence-electron chi connectivity index (χ0n) is 9.66. The van der Waals surface area contributed by atoms with Crippen LogP contribution in [-0.4, -0.2) is 30.9 Å². The average molecular weight is 276 g/mol. The molecule has 1 amide bonds. The van der Waals surface area contributed by atoms with Crippen molar-refractivity contribution in [2.24, 2.45) is 0 Å². The van der Waals surface area contributed by atoms with Crippen LogP contribution in [0.25, 0.3) is 0 Å². The van der Waals surface area contributed by atoms with Crippen LogP contribution in [0.2, 0.25) is 5.02 Å². The molecule has 17 heavy (non-hydrogen) atoms. The molecule has 0 aromatic carbocycles. The predicted octanol–water partition coefficient (Wildman–Crippen LogP) is 2.28. The second kappa shape index (κ2) is 4.94. The summed E-state index contributed by atoms with van der Waals surface area (Å²) < 4.78 is 11.0. The zero-order chi connectivity index (χ0) is 12.5. The number of carbonyl (C=O) groups excluding carboxylic acids is 1. The Balaban J connectivity index is 1.84. The fourth-order valence-corrected chi connectivity index (χ4v) is 2.66. The van der Waals surface area contributed by atoms with Gasteiger partial charge >= 0.3 is 0 Å². The fourth-order valence-electron chi connectivity index (χ4n) is 1.61. The van der Waals surface area contributed by atoms with Crippen molar-refractivity contribution in [2.45, 2.75) is 25.7 Å². The topological polar surface area (TPSA) is 47.6 Å². The van der Waals surface area contributed by atoms with Crippen LogP contribution < -0.4 is 5.32 Å². The first-order valence-corrected chi connectivity index (χ1v) is 6.57. The molecule has 2 rings (SSSR count). The highest BCUT2D eigenvalue weighted by Crippen LogP contribution is 2.23. The third-order valence-electron chi connectivity index (χ3n) is 2.38. The number of amides is 1. The van der Waals surface area contributed by atoms with Gasteiger partial charge < -0.3 is 14.8 Å². The molecule has 0 spiro atoms. The van der Waals surface area contributed by atoms with E-state index >= 15 is 0 Å². The summed E-state index contributed by atoms with van der Waals surface area (Å²) in [6.45, 7) is 4.62. The van der Waals surface area contributed by atoms with Crippen LogP contribution in [0.4, 0.5) is 0 Å². The van der Waals surface area contributed by atoms with Crippen molar-refractivity contribution >= 4 is 28.8 Å². The van der Waals surface area contributed by atoms with Crippen LogP contribution in [0.1, 0.15) is 23.5 Å². The number of thiophene rings is 1. The first-order valence-electron chi connectivity index (χ1n) is 5.31. The number of nitrogens with one attached hydrogen (secondary N) is 1. The lowest BCUT2D eigenvalue weighted by atomic mass is 10.3. The summed E-state index contributed by atoms with van der Waals surface area (Å²) in [6, 6.07) is 1.71. The minimum atomic E-state index is -0.560. The highest BCUT2D eigenvalue weighted by Gasteiger charge is 2.32. The molecule has 6 heteroatoms. The van der Waals surface area contributed by atoms with Gasteiger partial charge in [0.15, 0.2) is 5.79 Å². The molecule has 1 aromatic rings. The van der Waals surface area contributed by atoms with Gasteiger partial charge in [-0.05, 0) is 25.3 Å². The molecule has 0 bridgehead atoms. The Bertz CT molecular complexity index is 419. The van der Waals surface area contributed by atoms with E-state index in [9.17, 15) is 4.79 Å². The van der Waals surface area contributed by atoms with Crippen molar-refractivity contribution in [3.8, 4) is 0 Å². The molecule has 1 fully saturated rings. The van der Waals surface area contributed by atoms with E-state index in [1.54, 1.807) is 11.4 Å². The predicted molar refractivity (Wildman–Crippen MR) is 66.6 cm³/mol. The lowest BCUT2D eigenvalue weighted by molar-refractivity contribution is -0.137. The largest absolute Gasteiger partial charge is 0.349 e. The molecule has 1 aliphatic rings. The summed E-state index contributed by atoms with van der Waals surface area (Å²) in [4.78, 5) is 12.3. The van der Waals surface area contributed by atoms with E-state index in [4.69, 9.17) is 21.1 Å². The minimum Gasteiger partial charge on any atom is -0.349 e. The van der Waals surface area contributed by atoms with E-state index in [1.807, 2.05) is 13.8 Å². The van der Waals surface area contributed by atoms with Gasteiger partial charge in [-0.25, -0.2) is 0 Å². The van der Waals surface area contributed by atoms with E-state index in [-0.39, 0.29) is 12.0 Å². The fraction of sp³-hybridized carbons (Fsp3) is 0.545. The van der Waals surface area contributed by atoms with Gasteiger partial charge in [-0.3, -0.25) is 4.79 Å². The van der Waals surface area contributed by atoms with Crippen LogP contribution >= 0.6 is 22.9 Å². The third-order valence-corrected chi connectivity index (χ3v) is 3.72. The first kappa shape index (κ1) is 12.8. The van der Waals surface area contributed by atoms with Crippen LogP contribution in [0.15, 0.2) is 11.4 Å². The van der Waals surface area contributed by atoms with Crippen LogP contribution in [-0.2, 0) is 9.47 Å². The van der Waals surface area contributed by atoms with Gasteiger partial charge in [0.25, 0.3) is 5.91 Å². The van der Waals surface area contributed by atoms with Crippen molar-refractivity contribution in [2.75, 3.05) is 13.2 Å². The summed E-state index contributed by atoms with van der Waals surface area (Å²) in [6.07, 6.45) is -0.104. The second-order valence-corrected chi connectivity index (χ2v) is 5.58. The molecule has 1 aromatic heterocycles.